The van der Waals surface area contributed by atoms with E-state index in [-0.39, 0.29) is 0 Å². The van der Waals surface area contributed by atoms with Crippen LogP contribution >= 0.6 is 0 Å². The van der Waals surface area contributed by atoms with Crippen LogP contribution in [0, 0.1) is 0 Å². The van der Waals surface area contributed by atoms with Crippen LogP contribution in [-0.2, 0) is 4.80 Å². The summed E-state index contributed by atoms with van der Waals surface area (Å²) < 4.78 is 0. The normalized spacial score (nSPS) is 18.8. The van der Waals surface area contributed by atoms with Gasteiger partial charge in [0.15, 0.2) is 0 Å². The molecule has 1 nitrogen and oxygen atoms in total. The van der Waals surface area contributed by atoms with Gasteiger partial charge in [0.2, 0.25) is 9.04 Å². The summed E-state index contributed by atoms with van der Waals surface area (Å²) in [5.41, 5.74) is 0.994. The zero-order valence-electron chi connectivity index (χ0n) is 8.97. The van der Waals surface area contributed by atoms with Crippen molar-refractivity contribution in [2.45, 2.75) is 64.5 Å². The minimum Gasteiger partial charge on any atom is -0.301 e. The molecule has 2 atom stereocenters. The minimum absolute atomic E-state index is 0.497. The Balaban J connectivity index is 3.73. The highest BCUT2D eigenvalue weighted by molar-refractivity contribution is 6.53. The molecule has 0 aromatic heterocycles. The summed E-state index contributed by atoms with van der Waals surface area (Å²) in [6.45, 7) is 8.64. The number of hydrogen-bond donors (Lipinski definition) is 0. The van der Waals surface area contributed by atoms with Crippen LogP contribution in [0.4, 0.5) is 0 Å². The van der Waals surface area contributed by atoms with Crippen LogP contribution in [0.5, 0.6) is 0 Å². The van der Waals surface area contributed by atoms with Gasteiger partial charge in [-0.2, -0.15) is 0 Å². The van der Waals surface area contributed by atoms with Crippen molar-refractivity contribution < 1.29 is 4.80 Å². The second kappa shape index (κ2) is 6.67. The Morgan fingerprint density at radius 3 is 1.58 bits per heavy atom. The Morgan fingerprint density at radius 2 is 1.33 bits per heavy atom. The molecule has 0 saturated carbocycles. The maximum Gasteiger partial charge on any atom is 0.227 e. The molecule has 0 aromatic rings. The zero-order valence-corrected chi connectivity index (χ0v) is 10.1. The smallest absolute Gasteiger partial charge is 0.227 e. The molecule has 0 amide bonds. The summed E-state index contributed by atoms with van der Waals surface area (Å²) in [6, 6.07) is 0. The van der Waals surface area contributed by atoms with Crippen LogP contribution < -0.4 is 0 Å². The molecule has 0 heterocycles. The van der Waals surface area contributed by atoms with Gasteiger partial charge in [-0.05, 0) is 11.1 Å². The molecule has 0 aliphatic heterocycles. The average molecular weight is 187 g/mol. The molecule has 12 heavy (non-hydrogen) atoms. The van der Waals surface area contributed by atoms with Gasteiger partial charge in [-0.25, -0.2) is 0 Å². The van der Waals surface area contributed by atoms with Gasteiger partial charge in [-0.3, -0.25) is 0 Å². The largest absolute Gasteiger partial charge is 0.301 e. The molecule has 0 saturated heterocycles. The van der Waals surface area contributed by atoms with Gasteiger partial charge in [0.25, 0.3) is 0 Å². The molecule has 2 unspecified atom stereocenters. The van der Waals surface area contributed by atoms with Crippen molar-refractivity contribution in [3.8, 4) is 0 Å². The van der Waals surface area contributed by atoms with E-state index in [1.54, 1.807) is 0 Å². The standard InChI is InChI=1S/C10H23OSi/c1-5-7-9(3)12(11)10(4)8-6-2/h9-10,12H,5-8H2,1-4H3. The predicted molar refractivity (Wildman–Crippen MR) is 56.5 cm³/mol. The minimum atomic E-state index is -1.68. The Morgan fingerprint density at radius 1 is 1.00 bits per heavy atom. The van der Waals surface area contributed by atoms with Gasteiger partial charge in [0.05, 0.1) is 0 Å². The highest BCUT2D eigenvalue weighted by Gasteiger charge is 2.24. The van der Waals surface area contributed by atoms with Crippen molar-refractivity contribution in [3.05, 3.63) is 0 Å². The lowest BCUT2D eigenvalue weighted by atomic mass is 10.2. The first-order valence-electron chi connectivity index (χ1n) is 5.29. The Hall–Kier alpha value is 0.177. The maximum absolute atomic E-state index is 11.8. The van der Waals surface area contributed by atoms with Gasteiger partial charge < -0.3 is 4.80 Å². The molecule has 0 spiro atoms. The Kier molecular flexibility index (Phi) is 6.77. The summed E-state index contributed by atoms with van der Waals surface area (Å²) in [7, 11) is -1.68. The third-order valence-electron chi connectivity index (χ3n) is 2.61. The van der Waals surface area contributed by atoms with E-state index in [1.807, 2.05) is 0 Å². The summed E-state index contributed by atoms with van der Waals surface area (Å²) >= 11 is 0. The van der Waals surface area contributed by atoms with E-state index in [1.165, 1.54) is 12.8 Å². The van der Waals surface area contributed by atoms with Gasteiger partial charge in [0.1, 0.15) is 0 Å². The molecule has 0 bridgehead atoms. The molecule has 2 heteroatoms. The van der Waals surface area contributed by atoms with E-state index < -0.39 is 9.04 Å². The highest BCUT2D eigenvalue weighted by atomic mass is 28.3. The zero-order chi connectivity index (χ0) is 9.56. The van der Waals surface area contributed by atoms with E-state index in [2.05, 4.69) is 27.7 Å². The summed E-state index contributed by atoms with van der Waals surface area (Å²) in [4.78, 5) is 11.8. The van der Waals surface area contributed by atoms with Crippen molar-refractivity contribution in [1.82, 2.24) is 0 Å². The van der Waals surface area contributed by atoms with E-state index in [4.69, 9.17) is 0 Å². The fourth-order valence-corrected chi connectivity index (χ4v) is 4.25. The third-order valence-corrected chi connectivity index (χ3v) is 5.52. The van der Waals surface area contributed by atoms with E-state index in [0.717, 1.165) is 12.8 Å². The first kappa shape index (κ1) is 12.2. The lowest BCUT2D eigenvalue weighted by molar-refractivity contribution is 0.408. The van der Waals surface area contributed by atoms with Crippen LogP contribution in [0.15, 0.2) is 0 Å². The van der Waals surface area contributed by atoms with Crippen LogP contribution in [-0.4, -0.2) is 9.04 Å². The molecule has 0 aliphatic carbocycles. The topological polar surface area (TPSA) is 19.9 Å². The predicted octanol–water partition coefficient (Wildman–Crippen LogP) is 3.52. The molecular weight excluding hydrogens is 164 g/mol. The molecule has 0 aliphatic rings. The monoisotopic (exact) mass is 187 g/mol. The number of rotatable bonds is 6. The first-order chi connectivity index (χ1) is 5.63. The second-order valence-corrected chi connectivity index (χ2v) is 7.20. The SMILES string of the molecule is CCCC(C)[SiH]([O])C(C)CCC. The van der Waals surface area contributed by atoms with E-state index in [0.29, 0.717) is 11.1 Å². The van der Waals surface area contributed by atoms with Gasteiger partial charge >= 0.3 is 0 Å². The highest BCUT2D eigenvalue weighted by Crippen LogP contribution is 2.26. The lowest BCUT2D eigenvalue weighted by Crippen LogP contribution is -2.22. The van der Waals surface area contributed by atoms with Crippen molar-refractivity contribution >= 4 is 9.04 Å². The van der Waals surface area contributed by atoms with Gasteiger partial charge in [0, 0.05) is 0 Å². The Bertz CT molecular complexity index is 94.0. The van der Waals surface area contributed by atoms with Gasteiger partial charge in [-0.15, -0.1) is 0 Å². The molecule has 0 N–H and O–H groups in total. The molecule has 0 aromatic carbocycles. The van der Waals surface area contributed by atoms with Crippen molar-refractivity contribution in [3.63, 3.8) is 0 Å². The summed E-state index contributed by atoms with van der Waals surface area (Å²) in [6.07, 6.45) is 4.64. The van der Waals surface area contributed by atoms with Crippen LogP contribution in [0.2, 0.25) is 11.1 Å². The fraction of sp³-hybridized carbons (Fsp3) is 1.00. The lowest BCUT2D eigenvalue weighted by Gasteiger charge is -2.19. The van der Waals surface area contributed by atoms with Crippen molar-refractivity contribution in [2.24, 2.45) is 0 Å². The van der Waals surface area contributed by atoms with Crippen LogP contribution in [0.3, 0.4) is 0 Å². The van der Waals surface area contributed by atoms with Crippen LogP contribution in [0.25, 0.3) is 0 Å². The summed E-state index contributed by atoms with van der Waals surface area (Å²) in [5.74, 6) is 0. The van der Waals surface area contributed by atoms with Gasteiger partial charge in [-0.1, -0.05) is 53.4 Å². The molecule has 0 fully saturated rings. The van der Waals surface area contributed by atoms with Crippen LogP contribution in [0.1, 0.15) is 53.4 Å². The quantitative estimate of drug-likeness (QED) is 0.567. The fourth-order valence-electron chi connectivity index (χ4n) is 1.80. The maximum atomic E-state index is 11.8. The second-order valence-electron chi connectivity index (χ2n) is 4.00. The Labute approximate surface area is 78.9 Å². The summed E-state index contributed by atoms with van der Waals surface area (Å²) in [5, 5.41) is 0. The molecular formula is C10H23OSi. The molecule has 1 radical (unpaired) electrons. The number of hydrogen-bond acceptors (Lipinski definition) is 0. The molecule has 73 valence electrons. The first-order valence-corrected chi connectivity index (χ1v) is 7.09. The van der Waals surface area contributed by atoms with Crippen molar-refractivity contribution in [2.75, 3.05) is 0 Å². The van der Waals surface area contributed by atoms with Crippen molar-refractivity contribution in [1.29, 1.82) is 0 Å². The average Bonchev–Trinajstić information content (AvgIpc) is 2.04. The third kappa shape index (κ3) is 4.26. The molecule has 0 rings (SSSR count). The van der Waals surface area contributed by atoms with E-state index in [9.17, 15) is 4.80 Å². The van der Waals surface area contributed by atoms with E-state index >= 15 is 0 Å².